The zero-order valence-corrected chi connectivity index (χ0v) is 14.7. The van der Waals surface area contributed by atoms with Gasteiger partial charge in [0.1, 0.15) is 6.04 Å². The summed E-state index contributed by atoms with van der Waals surface area (Å²) in [4.78, 5) is 35.0. The molecule has 2 aromatic carbocycles. The predicted molar refractivity (Wildman–Crippen MR) is 97.9 cm³/mol. The minimum absolute atomic E-state index is 0.135. The first-order valence-corrected chi connectivity index (χ1v) is 8.51. The summed E-state index contributed by atoms with van der Waals surface area (Å²) < 4.78 is 0. The third-order valence-corrected chi connectivity index (χ3v) is 4.12. The minimum atomic E-state index is -1.15. The minimum Gasteiger partial charge on any atom is -0.480 e. The monoisotopic (exact) mass is 370 g/mol. The summed E-state index contributed by atoms with van der Waals surface area (Å²) in [7, 11) is 0. The fourth-order valence-electron chi connectivity index (χ4n) is 2.75. The van der Waals surface area contributed by atoms with Crippen molar-refractivity contribution in [1.29, 1.82) is 0 Å². The molecule has 2 amide bonds. The van der Waals surface area contributed by atoms with Gasteiger partial charge in [-0.25, -0.2) is 9.86 Å². The molecule has 3 N–H and O–H groups in total. The number of hydrogen-bond donors (Lipinski definition) is 3. The second-order valence-electron chi connectivity index (χ2n) is 6.20. The molecule has 7 nitrogen and oxygen atoms in total. The number of hydrogen-bond acceptors (Lipinski definition) is 4. The van der Waals surface area contributed by atoms with Crippen molar-refractivity contribution in [2.75, 3.05) is 6.54 Å². The fourth-order valence-corrected chi connectivity index (χ4v) is 2.75. The third-order valence-electron chi connectivity index (χ3n) is 4.12. The number of amides is 2. The summed E-state index contributed by atoms with van der Waals surface area (Å²) in [5.41, 5.74) is 1.62. The Morgan fingerprint density at radius 3 is 1.96 bits per heavy atom. The number of aliphatic carboxylic acids is 1. The van der Waals surface area contributed by atoms with Crippen molar-refractivity contribution in [3.05, 3.63) is 71.8 Å². The molecule has 0 fully saturated rings. The summed E-state index contributed by atoms with van der Waals surface area (Å²) in [6.45, 7) is -0.234. The van der Waals surface area contributed by atoms with Gasteiger partial charge in [0.25, 0.3) is 0 Å². The van der Waals surface area contributed by atoms with E-state index in [-0.39, 0.29) is 25.8 Å². The Hall–Kier alpha value is -3.19. The molecule has 0 aliphatic rings. The lowest BCUT2D eigenvalue weighted by Gasteiger charge is -2.22. The highest BCUT2D eigenvalue weighted by Crippen LogP contribution is 2.12. The Kier molecular flexibility index (Phi) is 7.51. The standard InChI is InChI=1S/C20H22N2O5/c23-14-22(27)13-17(11-15-7-3-1-4-8-15)19(24)21-18(20(25)26)12-16-9-5-2-6-10-16/h1-10,14,17-18,27H,11-13H2,(H,21,24)(H,25,26)/t17-,18+/m1/s1. The van der Waals surface area contributed by atoms with Crippen LogP contribution in [0.3, 0.4) is 0 Å². The smallest absolute Gasteiger partial charge is 0.326 e. The van der Waals surface area contributed by atoms with E-state index in [1.807, 2.05) is 36.4 Å². The molecule has 142 valence electrons. The molecule has 0 aliphatic carbocycles. The van der Waals surface area contributed by atoms with Crippen molar-refractivity contribution < 1.29 is 24.7 Å². The zero-order chi connectivity index (χ0) is 19.6. The fraction of sp³-hybridized carbons (Fsp3) is 0.250. The van der Waals surface area contributed by atoms with E-state index in [1.54, 1.807) is 24.3 Å². The molecule has 0 bridgehead atoms. The van der Waals surface area contributed by atoms with Crippen LogP contribution in [0, 0.1) is 5.92 Å². The lowest BCUT2D eigenvalue weighted by Crippen LogP contribution is -2.47. The summed E-state index contributed by atoms with van der Waals surface area (Å²) in [6, 6.07) is 17.0. The van der Waals surface area contributed by atoms with Crippen LogP contribution < -0.4 is 5.32 Å². The van der Waals surface area contributed by atoms with E-state index >= 15 is 0 Å². The molecule has 7 heteroatoms. The predicted octanol–water partition coefficient (Wildman–Crippen LogP) is 1.50. The lowest BCUT2D eigenvalue weighted by atomic mass is 9.97. The van der Waals surface area contributed by atoms with Crippen molar-refractivity contribution in [2.24, 2.45) is 5.92 Å². The number of carbonyl (C=O) groups excluding carboxylic acids is 2. The quantitative estimate of drug-likeness (QED) is 0.334. The van der Waals surface area contributed by atoms with Crippen LogP contribution >= 0.6 is 0 Å². The van der Waals surface area contributed by atoms with E-state index in [4.69, 9.17) is 0 Å². The van der Waals surface area contributed by atoms with Gasteiger partial charge in [0.05, 0.1) is 12.5 Å². The van der Waals surface area contributed by atoms with Crippen LogP contribution in [0.4, 0.5) is 0 Å². The lowest BCUT2D eigenvalue weighted by molar-refractivity contribution is -0.155. The number of carboxylic acid groups (broad SMARTS) is 1. The molecule has 2 rings (SSSR count). The molecule has 2 aromatic rings. The van der Waals surface area contributed by atoms with Crippen LogP contribution in [0.5, 0.6) is 0 Å². The number of carboxylic acids is 1. The highest BCUT2D eigenvalue weighted by atomic mass is 16.5. The van der Waals surface area contributed by atoms with Gasteiger partial charge in [-0.15, -0.1) is 0 Å². The summed E-state index contributed by atoms with van der Waals surface area (Å²) in [5.74, 6) is -2.48. The number of nitrogens with zero attached hydrogens (tertiary/aromatic N) is 1. The van der Waals surface area contributed by atoms with Crippen molar-refractivity contribution in [3.8, 4) is 0 Å². The summed E-state index contributed by atoms with van der Waals surface area (Å²) in [6.07, 6.45) is 0.607. The van der Waals surface area contributed by atoms with E-state index in [9.17, 15) is 24.7 Å². The second kappa shape index (κ2) is 10.1. The van der Waals surface area contributed by atoms with Crippen molar-refractivity contribution in [2.45, 2.75) is 18.9 Å². The number of rotatable bonds is 10. The molecule has 2 atom stereocenters. The Labute approximate surface area is 157 Å². The van der Waals surface area contributed by atoms with Crippen molar-refractivity contribution in [1.82, 2.24) is 10.4 Å². The molecule has 0 aliphatic heterocycles. The van der Waals surface area contributed by atoms with Gasteiger partial charge in [0.15, 0.2) is 0 Å². The van der Waals surface area contributed by atoms with Gasteiger partial charge in [-0.1, -0.05) is 60.7 Å². The largest absolute Gasteiger partial charge is 0.480 e. The number of hydroxylamine groups is 2. The van der Waals surface area contributed by atoms with Crippen LogP contribution in [0.2, 0.25) is 0 Å². The Morgan fingerprint density at radius 1 is 0.963 bits per heavy atom. The first kappa shape index (κ1) is 20.1. The first-order valence-electron chi connectivity index (χ1n) is 8.51. The van der Waals surface area contributed by atoms with Gasteiger partial charge in [-0.2, -0.15) is 0 Å². The van der Waals surface area contributed by atoms with E-state index in [0.29, 0.717) is 5.06 Å². The third kappa shape index (κ3) is 6.56. The Morgan fingerprint density at radius 2 is 1.48 bits per heavy atom. The average molecular weight is 370 g/mol. The van der Waals surface area contributed by atoms with Gasteiger partial charge in [-0.3, -0.25) is 14.8 Å². The summed E-state index contributed by atoms with van der Waals surface area (Å²) in [5, 5.41) is 21.9. The maximum absolute atomic E-state index is 12.7. The SMILES string of the molecule is O=CN(O)C[C@@H](Cc1ccccc1)C(=O)N[C@@H](Cc1ccccc1)C(=O)O. The Balaban J connectivity index is 2.11. The Bertz CT molecular complexity index is 751. The molecule has 0 heterocycles. The van der Waals surface area contributed by atoms with E-state index < -0.39 is 23.8 Å². The van der Waals surface area contributed by atoms with Crippen molar-refractivity contribution in [3.63, 3.8) is 0 Å². The maximum Gasteiger partial charge on any atom is 0.326 e. The molecular weight excluding hydrogens is 348 g/mol. The highest BCUT2D eigenvalue weighted by molar-refractivity contribution is 5.85. The normalized spacial score (nSPS) is 12.6. The molecule has 0 spiro atoms. The second-order valence-corrected chi connectivity index (χ2v) is 6.20. The van der Waals surface area contributed by atoms with Gasteiger partial charge in [-0.05, 0) is 17.5 Å². The van der Waals surface area contributed by atoms with Crippen molar-refractivity contribution >= 4 is 18.3 Å². The molecular formula is C20H22N2O5. The average Bonchev–Trinajstić information content (AvgIpc) is 2.68. The van der Waals surface area contributed by atoms with Crippen LogP contribution in [0.1, 0.15) is 11.1 Å². The number of carbonyl (C=O) groups is 3. The van der Waals surface area contributed by atoms with Crippen LogP contribution in [0.25, 0.3) is 0 Å². The summed E-state index contributed by atoms with van der Waals surface area (Å²) >= 11 is 0. The maximum atomic E-state index is 12.7. The highest BCUT2D eigenvalue weighted by Gasteiger charge is 2.27. The van der Waals surface area contributed by atoms with E-state index in [0.717, 1.165) is 11.1 Å². The molecule has 0 saturated heterocycles. The van der Waals surface area contributed by atoms with E-state index in [2.05, 4.69) is 5.32 Å². The van der Waals surface area contributed by atoms with Crippen LogP contribution in [-0.4, -0.2) is 46.3 Å². The van der Waals surface area contributed by atoms with Gasteiger partial charge < -0.3 is 10.4 Å². The zero-order valence-electron chi connectivity index (χ0n) is 14.7. The first-order chi connectivity index (χ1) is 13.0. The number of nitrogens with one attached hydrogen (secondary N) is 1. The topological polar surface area (TPSA) is 107 Å². The number of benzene rings is 2. The molecule has 0 radical (unpaired) electrons. The van der Waals surface area contributed by atoms with Gasteiger partial charge in [0.2, 0.25) is 12.3 Å². The van der Waals surface area contributed by atoms with Crippen LogP contribution in [-0.2, 0) is 27.2 Å². The molecule has 27 heavy (non-hydrogen) atoms. The van der Waals surface area contributed by atoms with E-state index in [1.165, 1.54) is 0 Å². The molecule has 0 aromatic heterocycles. The van der Waals surface area contributed by atoms with Crippen LogP contribution in [0.15, 0.2) is 60.7 Å². The molecule has 0 saturated carbocycles. The van der Waals surface area contributed by atoms with Gasteiger partial charge in [0, 0.05) is 6.42 Å². The molecule has 0 unspecified atom stereocenters. The van der Waals surface area contributed by atoms with Gasteiger partial charge >= 0.3 is 5.97 Å².